The smallest absolute Gasteiger partial charge is 0.256 e. The molecule has 1 heterocycles. The fourth-order valence-electron chi connectivity index (χ4n) is 2.46. The lowest BCUT2D eigenvalue weighted by Gasteiger charge is -2.27. The van der Waals surface area contributed by atoms with Gasteiger partial charge in [-0.05, 0) is 38.0 Å². The van der Waals surface area contributed by atoms with Crippen molar-refractivity contribution in [3.05, 3.63) is 29.6 Å². The first-order chi connectivity index (χ1) is 8.59. The number of nitrogen functional groups attached to an aromatic ring is 1. The molecule has 1 aromatic rings. The molecule has 18 heavy (non-hydrogen) atoms. The van der Waals surface area contributed by atoms with Crippen LogP contribution >= 0.6 is 0 Å². The Hall–Kier alpha value is -1.58. The van der Waals surface area contributed by atoms with E-state index < -0.39 is 5.82 Å². The van der Waals surface area contributed by atoms with Gasteiger partial charge in [-0.1, -0.05) is 12.8 Å². The van der Waals surface area contributed by atoms with Crippen molar-refractivity contribution >= 4 is 11.6 Å². The Balaban J connectivity index is 2.23. The number of benzene rings is 1. The van der Waals surface area contributed by atoms with Gasteiger partial charge in [-0.2, -0.15) is 0 Å². The molecule has 1 amide bonds. The lowest BCUT2D eigenvalue weighted by Crippen LogP contribution is -2.38. The molecule has 0 saturated carbocycles. The Morgan fingerprint density at radius 2 is 2.17 bits per heavy atom. The zero-order valence-electron chi connectivity index (χ0n) is 10.7. The van der Waals surface area contributed by atoms with Crippen LogP contribution in [0.2, 0.25) is 0 Å². The first kappa shape index (κ1) is 12.9. The molecule has 0 aliphatic carbocycles. The van der Waals surface area contributed by atoms with Crippen LogP contribution in [0.4, 0.5) is 10.1 Å². The molecule has 1 aliphatic heterocycles. The highest BCUT2D eigenvalue weighted by atomic mass is 19.1. The molecule has 0 bridgehead atoms. The fourth-order valence-corrected chi connectivity index (χ4v) is 2.46. The largest absolute Gasteiger partial charge is 0.398 e. The van der Waals surface area contributed by atoms with Gasteiger partial charge in [-0.15, -0.1) is 0 Å². The standard InChI is InChI=1S/C14H19FN2O/c1-10-5-3-2-4-8-17(10)14(18)12-7-6-11(15)9-13(12)16/h6-7,9-10H,2-5,8,16H2,1H3. The van der Waals surface area contributed by atoms with Crippen LogP contribution in [-0.2, 0) is 0 Å². The van der Waals surface area contributed by atoms with Crippen LogP contribution in [0, 0.1) is 5.82 Å². The highest BCUT2D eigenvalue weighted by Gasteiger charge is 2.24. The second-order valence-electron chi connectivity index (χ2n) is 4.93. The molecule has 1 aliphatic rings. The maximum atomic E-state index is 13.0. The van der Waals surface area contributed by atoms with Gasteiger partial charge in [0.1, 0.15) is 5.82 Å². The van der Waals surface area contributed by atoms with Gasteiger partial charge < -0.3 is 10.6 Å². The van der Waals surface area contributed by atoms with E-state index in [-0.39, 0.29) is 17.6 Å². The Morgan fingerprint density at radius 3 is 2.89 bits per heavy atom. The van der Waals surface area contributed by atoms with Crippen LogP contribution in [0.15, 0.2) is 18.2 Å². The summed E-state index contributed by atoms with van der Waals surface area (Å²) in [6.07, 6.45) is 4.36. The monoisotopic (exact) mass is 250 g/mol. The summed E-state index contributed by atoms with van der Waals surface area (Å²) in [5.41, 5.74) is 6.35. The third kappa shape index (κ3) is 2.63. The summed E-state index contributed by atoms with van der Waals surface area (Å²) in [6.45, 7) is 2.82. The maximum absolute atomic E-state index is 13.0. The minimum atomic E-state index is -0.409. The normalized spacial score (nSPS) is 20.6. The van der Waals surface area contributed by atoms with Gasteiger partial charge in [-0.25, -0.2) is 4.39 Å². The van der Waals surface area contributed by atoms with Gasteiger partial charge in [0.15, 0.2) is 0 Å². The van der Waals surface area contributed by atoms with Gasteiger partial charge >= 0.3 is 0 Å². The number of nitrogens with zero attached hydrogens (tertiary/aromatic N) is 1. The molecule has 1 atom stereocenters. The van der Waals surface area contributed by atoms with Crippen LogP contribution < -0.4 is 5.73 Å². The predicted molar refractivity (Wildman–Crippen MR) is 69.8 cm³/mol. The number of carbonyl (C=O) groups is 1. The average Bonchev–Trinajstić information content (AvgIpc) is 2.53. The van der Waals surface area contributed by atoms with Crippen LogP contribution in [-0.4, -0.2) is 23.4 Å². The first-order valence-corrected chi connectivity index (χ1v) is 6.45. The van der Waals surface area contributed by atoms with Gasteiger partial charge in [-0.3, -0.25) is 4.79 Å². The summed E-state index contributed by atoms with van der Waals surface area (Å²) < 4.78 is 13.0. The maximum Gasteiger partial charge on any atom is 0.256 e. The zero-order chi connectivity index (χ0) is 13.1. The molecule has 0 radical (unpaired) electrons. The second kappa shape index (κ2) is 5.38. The zero-order valence-corrected chi connectivity index (χ0v) is 10.7. The lowest BCUT2D eigenvalue weighted by atomic mass is 10.1. The summed E-state index contributed by atoms with van der Waals surface area (Å²) in [5.74, 6) is -0.491. The molecule has 0 aromatic heterocycles. The van der Waals surface area contributed by atoms with Crippen molar-refractivity contribution in [1.82, 2.24) is 4.90 Å². The fraction of sp³-hybridized carbons (Fsp3) is 0.500. The molecular weight excluding hydrogens is 231 g/mol. The van der Waals surface area contributed by atoms with Crippen molar-refractivity contribution in [1.29, 1.82) is 0 Å². The van der Waals surface area contributed by atoms with Crippen molar-refractivity contribution < 1.29 is 9.18 Å². The molecule has 98 valence electrons. The number of halogens is 1. The third-order valence-electron chi connectivity index (χ3n) is 3.56. The number of likely N-dealkylation sites (tertiary alicyclic amines) is 1. The Labute approximate surface area is 107 Å². The predicted octanol–water partition coefficient (Wildman–Crippen LogP) is 2.81. The molecule has 1 fully saturated rings. The van der Waals surface area contributed by atoms with Crippen LogP contribution in [0.5, 0.6) is 0 Å². The quantitative estimate of drug-likeness (QED) is 0.779. The van der Waals surface area contributed by atoms with Crippen molar-refractivity contribution in [3.8, 4) is 0 Å². The minimum absolute atomic E-state index is 0.0816. The van der Waals surface area contributed by atoms with E-state index in [0.717, 1.165) is 32.2 Å². The van der Waals surface area contributed by atoms with Gasteiger partial charge in [0.05, 0.1) is 5.56 Å². The molecule has 2 rings (SSSR count). The van der Waals surface area contributed by atoms with E-state index in [1.807, 2.05) is 4.90 Å². The van der Waals surface area contributed by atoms with E-state index in [9.17, 15) is 9.18 Å². The summed E-state index contributed by atoms with van der Waals surface area (Å²) in [6, 6.07) is 4.19. The number of hydrogen-bond acceptors (Lipinski definition) is 2. The van der Waals surface area contributed by atoms with E-state index >= 15 is 0 Å². The molecule has 1 unspecified atom stereocenters. The Bertz CT molecular complexity index is 447. The number of rotatable bonds is 1. The summed E-state index contributed by atoms with van der Waals surface area (Å²) in [7, 11) is 0. The van der Waals surface area contributed by atoms with E-state index in [2.05, 4.69) is 6.92 Å². The lowest BCUT2D eigenvalue weighted by molar-refractivity contribution is 0.0699. The third-order valence-corrected chi connectivity index (χ3v) is 3.56. The molecule has 0 spiro atoms. The molecule has 1 aromatic carbocycles. The van der Waals surface area contributed by atoms with Crippen LogP contribution in [0.3, 0.4) is 0 Å². The van der Waals surface area contributed by atoms with Crippen molar-refractivity contribution in [2.24, 2.45) is 0 Å². The van der Waals surface area contributed by atoms with Crippen LogP contribution in [0.25, 0.3) is 0 Å². The second-order valence-corrected chi connectivity index (χ2v) is 4.93. The Kier molecular flexibility index (Phi) is 3.84. The molecule has 4 heteroatoms. The Morgan fingerprint density at radius 1 is 1.39 bits per heavy atom. The topological polar surface area (TPSA) is 46.3 Å². The van der Waals surface area contributed by atoms with Crippen molar-refractivity contribution in [2.45, 2.75) is 38.6 Å². The van der Waals surface area contributed by atoms with Crippen LogP contribution in [0.1, 0.15) is 43.0 Å². The van der Waals surface area contributed by atoms with Gasteiger partial charge in [0.25, 0.3) is 5.91 Å². The van der Waals surface area contributed by atoms with E-state index in [1.54, 1.807) is 0 Å². The highest BCUT2D eigenvalue weighted by Crippen LogP contribution is 2.22. The molecular formula is C14H19FN2O. The SMILES string of the molecule is CC1CCCCCN1C(=O)c1ccc(F)cc1N. The number of nitrogens with two attached hydrogens (primary N) is 1. The number of hydrogen-bond donors (Lipinski definition) is 1. The highest BCUT2D eigenvalue weighted by molar-refractivity contribution is 5.99. The summed E-state index contributed by atoms with van der Waals surface area (Å²) in [4.78, 5) is 14.3. The summed E-state index contributed by atoms with van der Waals surface area (Å²) >= 11 is 0. The summed E-state index contributed by atoms with van der Waals surface area (Å²) in [5, 5.41) is 0. The number of amides is 1. The molecule has 3 nitrogen and oxygen atoms in total. The van der Waals surface area contributed by atoms with Gasteiger partial charge in [0, 0.05) is 18.3 Å². The molecule has 1 saturated heterocycles. The van der Waals surface area contributed by atoms with E-state index in [1.165, 1.54) is 18.2 Å². The van der Waals surface area contributed by atoms with Gasteiger partial charge in [0.2, 0.25) is 0 Å². The number of anilines is 1. The first-order valence-electron chi connectivity index (χ1n) is 6.45. The molecule has 2 N–H and O–H groups in total. The van der Waals surface area contributed by atoms with Crippen molar-refractivity contribution in [2.75, 3.05) is 12.3 Å². The minimum Gasteiger partial charge on any atom is -0.398 e. The van der Waals surface area contributed by atoms with Crippen molar-refractivity contribution in [3.63, 3.8) is 0 Å². The number of carbonyl (C=O) groups excluding carboxylic acids is 1. The average molecular weight is 250 g/mol. The van der Waals surface area contributed by atoms with E-state index in [0.29, 0.717) is 5.56 Å². The van der Waals surface area contributed by atoms with E-state index in [4.69, 9.17) is 5.73 Å².